The van der Waals surface area contributed by atoms with Gasteiger partial charge in [0.1, 0.15) is 0 Å². The molecule has 1 unspecified atom stereocenters. The van der Waals surface area contributed by atoms with E-state index in [9.17, 15) is 5.11 Å². The van der Waals surface area contributed by atoms with Crippen LogP contribution in [0.1, 0.15) is 12.5 Å². The normalized spacial score (nSPS) is 14.6. The van der Waals surface area contributed by atoms with Crippen LogP contribution < -0.4 is 5.32 Å². The minimum absolute atomic E-state index is 0.599. The molecule has 5 heteroatoms. The third kappa shape index (κ3) is 5.75. The number of hydrogen-bond acceptors (Lipinski definition) is 3. The molecule has 2 N–H and O–H groups in total. The maximum Gasteiger partial charge on any atom is 0.0833 e. The Bertz CT molecular complexity index is 372. The molecule has 1 aromatic rings. The first-order chi connectivity index (χ1) is 7.94. The Hall–Kier alpha value is 0.450. The summed E-state index contributed by atoms with van der Waals surface area (Å²) in [6.07, 6.45) is 2.00. The fraction of sp³-hybridized carbons (Fsp3) is 0.500. The second-order valence-electron chi connectivity index (χ2n) is 4.28. The van der Waals surface area contributed by atoms with Crippen LogP contribution in [0.3, 0.4) is 0 Å². The van der Waals surface area contributed by atoms with E-state index >= 15 is 0 Å². The Morgan fingerprint density at radius 2 is 2.06 bits per heavy atom. The summed E-state index contributed by atoms with van der Waals surface area (Å²) in [4.78, 5) is 0. The molecule has 0 radical (unpaired) electrons. The van der Waals surface area contributed by atoms with Crippen LogP contribution in [-0.2, 0) is 6.54 Å². The van der Waals surface area contributed by atoms with Crippen LogP contribution in [0.15, 0.2) is 27.1 Å². The average Bonchev–Trinajstić information content (AvgIpc) is 2.23. The SMILES string of the molecule is CSCC(C)(O)CNCc1ccc(Br)c(Br)c1. The molecule has 96 valence electrons. The lowest BCUT2D eigenvalue weighted by molar-refractivity contribution is 0.0846. The lowest BCUT2D eigenvalue weighted by atomic mass is 10.1. The molecular weight excluding hydrogens is 366 g/mol. The summed E-state index contributed by atoms with van der Waals surface area (Å²) in [5.74, 6) is 0.740. The van der Waals surface area contributed by atoms with E-state index in [0.717, 1.165) is 21.2 Å². The van der Waals surface area contributed by atoms with Gasteiger partial charge in [0, 0.05) is 27.8 Å². The summed E-state index contributed by atoms with van der Waals surface area (Å²) >= 11 is 8.57. The van der Waals surface area contributed by atoms with Gasteiger partial charge in [0.15, 0.2) is 0 Å². The van der Waals surface area contributed by atoms with E-state index in [1.807, 2.05) is 19.2 Å². The predicted octanol–water partition coefficient (Wildman–Crippen LogP) is 3.42. The maximum absolute atomic E-state index is 9.99. The largest absolute Gasteiger partial charge is 0.388 e. The van der Waals surface area contributed by atoms with Gasteiger partial charge in [-0.2, -0.15) is 11.8 Å². The highest BCUT2D eigenvalue weighted by Gasteiger charge is 2.18. The van der Waals surface area contributed by atoms with Crippen LogP contribution in [0.25, 0.3) is 0 Å². The monoisotopic (exact) mass is 381 g/mol. The number of aliphatic hydroxyl groups is 1. The Morgan fingerprint density at radius 1 is 1.35 bits per heavy atom. The summed E-state index contributed by atoms with van der Waals surface area (Å²) in [6, 6.07) is 6.15. The van der Waals surface area contributed by atoms with E-state index < -0.39 is 5.60 Å². The van der Waals surface area contributed by atoms with Gasteiger partial charge in [-0.3, -0.25) is 0 Å². The van der Waals surface area contributed by atoms with Crippen molar-refractivity contribution < 1.29 is 5.11 Å². The van der Waals surface area contributed by atoms with Crippen molar-refractivity contribution in [1.82, 2.24) is 5.32 Å². The zero-order chi connectivity index (χ0) is 12.9. The molecule has 0 aliphatic carbocycles. The van der Waals surface area contributed by atoms with E-state index in [2.05, 4.69) is 49.3 Å². The van der Waals surface area contributed by atoms with Crippen molar-refractivity contribution in [2.45, 2.75) is 19.1 Å². The van der Waals surface area contributed by atoms with Gasteiger partial charge in [-0.1, -0.05) is 6.07 Å². The molecule has 1 aromatic carbocycles. The van der Waals surface area contributed by atoms with Gasteiger partial charge in [0.2, 0.25) is 0 Å². The molecule has 1 atom stereocenters. The second kappa shape index (κ2) is 7.14. The van der Waals surface area contributed by atoms with Gasteiger partial charge in [-0.25, -0.2) is 0 Å². The average molecular weight is 383 g/mol. The summed E-state index contributed by atoms with van der Waals surface area (Å²) < 4.78 is 2.10. The van der Waals surface area contributed by atoms with Gasteiger partial charge in [0.05, 0.1) is 5.60 Å². The highest BCUT2D eigenvalue weighted by atomic mass is 79.9. The lowest BCUT2D eigenvalue weighted by Gasteiger charge is -2.22. The first-order valence-corrected chi connectivity index (χ1v) is 8.28. The van der Waals surface area contributed by atoms with E-state index in [0.29, 0.717) is 6.54 Å². The number of halogens is 2. The second-order valence-corrected chi connectivity index (χ2v) is 6.86. The molecule has 0 saturated heterocycles. The first kappa shape index (κ1) is 15.5. The zero-order valence-corrected chi connectivity index (χ0v) is 14.0. The van der Waals surface area contributed by atoms with Gasteiger partial charge < -0.3 is 10.4 Å². The van der Waals surface area contributed by atoms with Crippen molar-refractivity contribution >= 4 is 43.6 Å². The third-order valence-corrected chi connectivity index (χ3v) is 5.06. The molecule has 2 nitrogen and oxygen atoms in total. The summed E-state index contributed by atoms with van der Waals surface area (Å²) in [7, 11) is 0. The first-order valence-electron chi connectivity index (χ1n) is 5.30. The van der Waals surface area contributed by atoms with Crippen LogP contribution in [0.5, 0.6) is 0 Å². The quantitative estimate of drug-likeness (QED) is 0.790. The molecule has 0 heterocycles. The van der Waals surface area contributed by atoms with Gasteiger partial charge >= 0.3 is 0 Å². The van der Waals surface area contributed by atoms with Crippen molar-refractivity contribution in [2.75, 3.05) is 18.6 Å². The van der Waals surface area contributed by atoms with Crippen molar-refractivity contribution in [3.8, 4) is 0 Å². The highest BCUT2D eigenvalue weighted by Crippen LogP contribution is 2.23. The van der Waals surface area contributed by atoms with Crippen LogP contribution in [-0.4, -0.2) is 29.3 Å². The van der Waals surface area contributed by atoms with Crippen LogP contribution in [0, 0.1) is 0 Å². The number of nitrogens with one attached hydrogen (secondary N) is 1. The summed E-state index contributed by atoms with van der Waals surface area (Å²) in [5.41, 5.74) is 0.548. The minimum Gasteiger partial charge on any atom is -0.388 e. The van der Waals surface area contributed by atoms with E-state index in [4.69, 9.17) is 0 Å². The minimum atomic E-state index is -0.647. The van der Waals surface area contributed by atoms with Crippen molar-refractivity contribution in [1.29, 1.82) is 0 Å². The highest BCUT2D eigenvalue weighted by molar-refractivity contribution is 9.13. The molecule has 0 fully saturated rings. The van der Waals surface area contributed by atoms with Gasteiger partial charge in [0.25, 0.3) is 0 Å². The number of hydrogen-bond donors (Lipinski definition) is 2. The standard InChI is InChI=1S/C12H17Br2NOS/c1-12(16,8-17-2)7-15-6-9-3-4-10(13)11(14)5-9/h3-5,15-16H,6-8H2,1-2H3. The van der Waals surface area contributed by atoms with Crippen LogP contribution in [0.2, 0.25) is 0 Å². The Kier molecular flexibility index (Phi) is 6.51. The van der Waals surface area contributed by atoms with Gasteiger partial charge in [-0.05, 0) is 62.7 Å². The van der Waals surface area contributed by atoms with Gasteiger partial charge in [-0.15, -0.1) is 0 Å². The topological polar surface area (TPSA) is 32.3 Å². The Labute approximate surface area is 124 Å². The zero-order valence-electron chi connectivity index (χ0n) is 9.96. The van der Waals surface area contributed by atoms with E-state index in [1.54, 1.807) is 11.8 Å². The molecule has 1 rings (SSSR count). The molecule has 0 bridgehead atoms. The smallest absolute Gasteiger partial charge is 0.0833 e. The molecule has 0 aliphatic heterocycles. The Morgan fingerprint density at radius 3 is 2.65 bits per heavy atom. The Balaban J connectivity index is 2.43. The molecule has 0 amide bonds. The number of benzene rings is 1. The molecule has 0 aliphatic rings. The molecule has 0 spiro atoms. The fourth-order valence-electron chi connectivity index (χ4n) is 1.49. The lowest BCUT2D eigenvalue weighted by Crippen LogP contribution is -2.39. The summed E-state index contributed by atoms with van der Waals surface area (Å²) in [6.45, 7) is 3.21. The molecule has 17 heavy (non-hydrogen) atoms. The van der Waals surface area contributed by atoms with E-state index in [1.165, 1.54) is 5.56 Å². The molecule has 0 saturated carbocycles. The van der Waals surface area contributed by atoms with Crippen LogP contribution in [0.4, 0.5) is 0 Å². The summed E-state index contributed by atoms with van der Waals surface area (Å²) in [5, 5.41) is 13.3. The fourth-order valence-corrected chi connectivity index (χ4v) is 2.88. The van der Waals surface area contributed by atoms with Crippen molar-refractivity contribution in [2.24, 2.45) is 0 Å². The number of thioether (sulfide) groups is 1. The van der Waals surface area contributed by atoms with E-state index in [-0.39, 0.29) is 0 Å². The van der Waals surface area contributed by atoms with Crippen molar-refractivity contribution in [3.63, 3.8) is 0 Å². The molecular formula is C12H17Br2NOS. The predicted molar refractivity (Wildman–Crippen MR) is 82.6 cm³/mol. The van der Waals surface area contributed by atoms with Crippen molar-refractivity contribution in [3.05, 3.63) is 32.7 Å². The maximum atomic E-state index is 9.99. The third-order valence-electron chi connectivity index (χ3n) is 2.27. The molecule has 0 aromatic heterocycles. The van der Waals surface area contributed by atoms with Crippen LogP contribution >= 0.6 is 43.6 Å². The number of rotatable bonds is 6.